The number of aromatic nitrogens is 3. The summed E-state index contributed by atoms with van der Waals surface area (Å²) in [5, 5.41) is 10.4. The fraction of sp³-hybridized carbons (Fsp3) is 0.263. The van der Waals surface area contributed by atoms with Crippen LogP contribution in [0.3, 0.4) is 0 Å². The number of rotatable bonds is 3. The summed E-state index contributed by atoms with van der Waals surface area (Å²) in [6, 6.07) is 7.35. The summed E-state index contributed by atoms with van der Waals surface area (Å²) < 4.78 is 1.50. The molecule has 1 aromatic carbocycles. The lowest BCUT2D eigenvalue weighted by Gasteiger charge is -2.19. The van der Waals surface area contributed by atoms with Crippen molar-refractivity contribution < 1.29 is 14.4 Å². The average Bonchev–Trinajstić information content (AvgIpc) is 3.11. The second-order valence-electron chi connectivity index (χ2n) is 6.85. The van der Waals surface area contributed by atoms with Crippen LogP contribution in [0, 0.1) is 12.8 Å². The summed E-state index contributed by atoms with van der Waals surface area (Å²) in [6.45, 7) is 3.57. The summed E-state index contributed by atoms with van der Waals surface area (Å²) in [5.74, 6) is -0.859. The normalized spacial score (nSPS) is 16.1. The van der Waals surface area contributed by atoms with Gasteiger partial charge in [0.1, 0.15) is 5.82 Å². The maximum atomic E-state index is 12.8. The Bertz CT molecular complexity index is 1110. The molecule has 0 bridgehead atoms. The van der Waals surface area contributed by atoms with E-state index >= 15 is 0 Å². The fourth-order valence-corrected chi connectivity index (χ4v) is 3.50. The standard InChI is InChI=1S/C19H19N5O3/c1-9-8-12-16(23-24(3)17(12)22-18(9)26)21-19(27)15(25)14-10(2)20-13-7-5-4-6-11(13)14/h4-7,9,20H,8H2,1-3H3,(H,22,26)(H,21,23,27)/t9-/m0/s1. The summed E-state index contributed by atoms with van der Waals surface area (Å²) >= 11 is 0. The number of nitrogens with zero attached hydrogens (tertiary/aromatic N) is 2. The first-order valence-electron chi connectivity index (χ1n) is 8.66. The fourth-order valence-electron chi connectivity index (χ4n) is 3.50. The molecule has 0 radical (unpaired) electrons. The summed E-state index contributed by atoms with van der Waals surface area (Å²) in [6.07, 6.45) is 0.449. The van der Waals surface area contributed by atoms with Gasteiger partial charge in [0.15, 0.2) is 5.82 Å². The number of carbonyl (C=O) groups is 3. The Labute approximate surface area is 154 Å². The number of para-hydroxylation sites is 1. The van der Waals surface area contributed by atoms with Crippen molar-refractivity contribution in [2.75, 3.05) is 10.6 Å². The highest BCUT2D eigenvalue weighted by Gasteiger charge is 2.30. The van der Waals surface area contributed by atoms with Gasteiger partial charge in [0.2, 0.25) is 5.91 Å². The number of carbonyl (C=O) groups excluding carboxylic acids is 3. The maximum absolute atomic E-state index is 12.8. The second-order valence-corrected chi connectivity index (χ2v) is 6.85. The molecule has 27 heavy (non-hydrogen) atoms. The van der Waals surface area contributed by atoms with E-state index < -0.39 is 11.7 Å². The molecule has 3 N–H and O–H groups in total. The first-order chi connectivity index (χ1) is 12.9. The van der Waals surface area contributed by atoms with E-state index in [4.69, 9.17) is 0 Å². The van der Waals surface area contributed by atoms with Crippen LogP contribution in [0.5, 0.6) is 0 Å². The molecule has 2 aromatic heterocycles. The van der Waals surface area contributed by atoms with Crippen molar-refractivity contribution in [1.29, 1.82) is 0 Å². The molecule has 0 fully saturated rings. The Morgan fingerprint density at radius 3 is 2.81 bits per heavy atom. The number of anilines is 2. The van der Waals surface area contributed by atoms with E-state index in [2.05, 4.69) is 20.7 Å². The summed E-state index contributed by atoms with van der Waals surface area (Å²) in [5.41, 5.74) is 2.52. The molecule has 1 aliphatic heterocycles. The van der Waals surface area contributed by atoms with Gasteiger partial charge in [-0.15, -0.1) is 0 Å². The highest BCUT2D eigenvalue weighted by molar-refractivity contribution is 6.48. The molecule has 138 valence electrons. The van der Waals surface area contributed by atoms with Gasteiger partial charge in [-0.2, -0.15) is 5.10 Å². The number of fused-ring (bicyclic) bond motifs is 2. The largest absolute Gasteiger partial charge is 0.358 e. The van der Waals surface area contributed by atoms with E-state index in [1.165, 1.54) is 4.68 Å². The number of benzene rings is 1. The van der Waals surface area contributed by atoms with Gasteiger partial charge in [-0.1, -0.05) is 25.1 Å². The minimum Gasteiger partial charge on any atom is -0.358 e. The second kappa shape index (κ2) is 6.08. The van der Waals surface area contributed by atoms with Crippen LogP contribution in [-0.2, 0) is 23.1 Å². The third-order valence-corrected chi connectivity index (χ3v) is 4.90. The average molecular weight is 365 g/mol. The number of aromatic amines is 1. The maximum Gasteiger partial charge on any atom is 0.298 e. The predicted molar refractivity (Wildman–Crippen MR) is 101 cm³/mol. The zero-order valence-electron chi connectivity index (χ0n) is 15.2. The minimum atomic E-state index is -0.756. The van der Waals surface area contributed by atoms with Crippen LogP contribution in [0.25, 0.3) is 10.9 Å². The van der Waals surface area contributed by atoms with Crippen LogP contribution in [0.2, 0.25) is 0 Å². The topological polar surface area (TPSA) is 109 Å². The molecule has 3 aromatic rings. The molecule has 0 spiro atoms. The molecule has 0 unspecified atom stereocenters. The Kier molecular flexibility index (Phi) is 3.83. The Balaban J connectivity index is 1.65. The van der Waals surface area contributed by atoms with Crippen LogP contribution < -0.4 is 10.6 Å². The quantitative estimate of drug-likeness (QED) is 0.488. The smallest absolute Gasteiger partial charge is 0.298 e. The van der Waals surface area contributed by atoms with Crippen molar-refractivity contribution >= 4 is 40.1 Å². The lowest BCUT2D eigenvalue weighted by molar-refractivity contribution is -0.119. The SMILES string of the molecule is Cc1[nH]c2ccccc2c1C(=O)C(=O)Nc1nn(C)c2c1C[C@H](C)C(=O)N2. The van der Waals surface area contributed by atoms with E-state index in [-0.39, 0.29) is 11.8 Å². The molecule has 4 rings (SSSR count). The van der Waals surface area contributed by atoms with Crippen molar-refractivity contribution in [2.45, 2.75) is 20.3 Å². The zero-order valence-corrected chi connectivity index (χ0v) is 15.2. The first-order valence-corrected chi connectivity index (χ1v) is 8.66. The summed E-state index contributed by atoms with van der Waals surface area (Å²) in [7, 11) is 1.68. The molecule has 2 amide bonds. The number of hydrogen-bond acceptors (Lipinski definition) is 4. The van der Waals surface area contributed by atoms with Crippen molar-refractivity contribution in [3.63, 3.8) is 0 Å². The first kappa shape index (κ1) is 17.0. The lowest BCUT2D eigenvalue weighted by atomic mass is 9.98. The third kappa shape index (κ3) is 2.69. The van der Waals surface area contributed by atoms with Gasteiger partial charge in [-0.25, -0.2) is 0 Å². The van der Waals surface area contributed by atoms with E-state index in [0.717, 1.165) is 11.1 Å². The molecule has 0 aliphatic carbocycles. The highest BCUT2D eigenvalue weighted by atomic mass is 16.2. The molecule has 1 atom stereocenters. The van der Waals surface area contributed by atoms with E-state index in [1.807, 2.05) is 18.2 Å². The number of amides is 2. The predicted octanol–water partition coefficient (Wildman–Crippen LogP) is 2.16. The van der Waals surface area contributed by atoms with Crippen molar-refractivity contribution in [3.05, 3.63) is 41.1 Å². The minimum absolute atomic E-state index is 0.0890. The van der Waals surface area contributed by atoms with Crippen molar-refractivity contribution in [3.8, 4) is 0 Å². The van der Waals surface area contributed by atoms with Gasteiger partial charge in [0.25, 0.3) is 11.7 Å². The van der Waals surface area contributed by atoms with Gasteiger partial charge in [0, 0.05) is 35.1 Å². The van der Waals surface area contributed by atoms with Gasteiger partial charge >= 0.3 is 0 Å². The van der Waals surface area contributed by atoms with Crippen LogP contribution in [0.1, 0.15) is 28.5 Å². The van der Waals surface area contributed by atoms with Crippen LogP contribution in [0.4, 0.5) is 11.6 Å². The number of Topliss-reactive ketones (excluding diaryl/α,β-unsaturated/α-hetero) is 1. The van der Waals surface area contributed by atoms with E-state index in [0.29, 0.717) is 34.7 Å². The Morgan fingerprint density at radius 2 is 2.04 bits per heavy atom. The van der Waals surface area contributed by atoms with Crippen molar-refractivity contribution in [2.24, 2.45) is 13.0 Å². The van der Waals surface area contributed by atoms with Crippen molar-refractivity contribution in [1.82, 2.24) is 14.8 Å². The van der Waals surface area contributed by atoms with E-state index in [9.17, 15) is 14.4 Å². The lowest BCUT2D eigenvalue weighted by Crippen LogP contribution is -2.29. The van der Waals surface area contributed by atoms with Gasteiger partial charge in [0.05, 0.1) is 5.56 Å². The summed E-state index contributed by atoms with van der Waals surface area (Å²) in [4.78, 5) is 40.4. The number of H-pyrrole nitrogens is 1. The Hall–Kier alpha value is -3.42. The van der Waals surface area contributed by atoms with Gasteiger partial charge in [-0.05, 0) is 19.4 Å². The van der Waals surface area contributed by atoms with Crippen LogP contribution in [0.15, 0.2) is 24.3 Å². The Morgan fingerprint density at radius 1 is 1.30 bits per heavy atom. The number of hydrogen-bond donors (Lipinski definition) is 3. The number of ketones is 1. The molecular formula is C19H19N5O3. The molecular weight excluding hydrogens is 346 g/mol. The zero-order chi connectivity index (χ0) is 19.3. The number of nitrogens with one attached hydrogen (secondary N) is 3. The van der Waals surface area contributed by atoms with Crippen LogP contribution >= 0.6 is 0 Å². The van der Waals surface area contributed by atoms with Crippen LogP contribution in [-0.4, -0.2) is 32.4 Å². The molecule has 8 nitrogen and oxygen atoms in total. The molecule has 3 heterocycles. The molecule has 0 saturated heterocycles. The van der Waals surface area contributed by atoms with E-state index in [1.54, 1.807) is 27.0 Å². The van der Waals surface area contributed by atoms with Gasteiger partial charge < -0.3 is 15.6 Å². The molecule has 0 saturated carbocycles. The number of aryl methyl sites for hydroxylation is 2. The molecule has 8 heteroatoms. The third-order valence-electron chi connectivity index (χ3n) is 4.90. The highest BCUT2D eigenvalue weighted by Crippen LogP contribution is 2.31. The monoisotopic (exact) mass is 365 g/mol. The molecule has 1 aliphatic rings. The van der Waals surface area contributed by atoms with Gasteiger partial charge in [-0.3, -0.25) is 19.1 Å².